The molecular formula is C40H58N2O11. The Morgan fingerprint density at radius 2 is 1.57 bits per heavy atom. The minimum absolute atomic E-state index is 0.0502. The number of amides is 2. The molecule has 0 fully saturated rings. The van der Waals surface area contributed by atoms with Gasteiger partial charge in [-0.25, -0.2) is 9.59 Å². The largest absolute Gasteiger partial charge is 0.481 e. The molecule has 294 valence electrons. The number of carboxylic acid groups (broad SMARTS) is 1. The van der Waals surface area contributed by atoms with Gasteiger partial charge >= 0.3 is 17.9 Å². The molecular weight excluding hydrogens is 684 g/mol. The molecule has 1 rings (SSSR count). The van der Waals surface area contributed by atoms with Crippen molar-refractivity contribution in [3.8, 4) is 17.6 Å². The highest BCUT2D eigenvalue weighted by molar-refractivity contribution is 5.95. The Labute approximate surface area is 313 Å². The molecule has 3 N–H and O–H groups in total. The topological polar surface area (TPSA) is 186 Å². The molecule has 0 saturated carbocycles. The van der Waals surface area contributed by atoms with Crippen molar-refractivity contribution < 1.29 is 53.2 Å². The van der Waals surface area contributed by atoms with Gasteiger partial charge in [0.1, 0.15) is 24.2 Å². The maximum Gasteiger partial charge on any atom is 0.337 e. The van der Waals surface area contributed by atoms with E-state index in [4.69, 9.17) is 14.2 Å². The van der Waals surface area contributed by atoms with Crippen LogP contribution in [-0.4, -0.2) is 96.7 Å². The second-order valence-corrected chi connectivity index (χ2v) is 13.1. The number of ether oxygens (including phenoxy) is 3. The summed E-state index contributed by atoms with van der Waals surface area (Å²) in [5.41, 5.74) is -2.39. The number of unbranched alkanes of at least 4 members (excludes halogenated alkanes) is 8. The monoisotopic (exact) mass is 742 g/mol. The molecule has 13 heteroatoms. The van der Waals surface area contributed by atoms with E-state index in [9.17, 15) is 39.0 Å². The number of allylic oxidation sites excluding steroid dienone is 1. The smallest absolute Gasteiger partial charge is 0.337 e. The first-order valence-corrected chi connectivity index (χ1v) is 18.3. The van der Waals surface area contributed by atoms with Crippen molar-refractivity contribution in [3.05, 3.63) is 42.0 Å². The molecule has 1 aromatic carbocycles. The predicted molar refractivity (Wildman–Crippen MR) is 199 cm³/mol. The van der Waals surface area contributed by atoms with Crippen molar-refractivity contribution in [3.63, 3.8) is 0 Å². The Morgan fingerprint density at radius 3 is 2.13 bits per heavy atom. The van der Waals surface area contributed by atoms with Crippen molar-refractivity contribution in [1.82, 2.24) is 10.2 Å². The second-order valence-electron chi connectivity index (χ2n) is 13.1. The Bertz CT molecular complexity index is 1410. The summed E-state index contributed by atoms with van der Waals surface area (Å²) >= 11 is 0. The highest BCUT2D eigenvalue weighted by Gasteiger charge is 2.49. The molecule has 13 nitrogen and oxygen atoms in total. The van der Waals surface area contributed by atoms with Crippen LogP contribution in [0.4, 0.5) is 0 Å². The standard InChI is InChI=1S/C40H58N2O11/c1-6-8-10-13-16-19-31(43)20-17-14-11-12-15-18-21-33(40(50,39(48)49)28-36(45)53-29-35(44)42(3)4)37(46)41-34(38(47)51-5)27-30-22-24-32(25-23-30)52-26-9-7-2/h18,21-25,33-34,50H,6,8,10-17,19-20,26-29H2,1-5H3,(H,41,46)(H,48,49)/b21-18+/t33-,34+,40+/m1/s1. The number of Topliss-reactive ketones (excluding diaryl/α,β-unsaturated/α-hetero) is 1. The number of carbonyl (C=O) groups excluding carboxylic acids is 5. The van der Waals surface area contributed by atoms with Crippen molar-refractivity contribution in [2.24, 2.45) is 5.92 Å². The van der Waals surface area contributed by atoms with Crippen LogP contribution in [0.2, 0.25) is 0 Å². The van der Waals surface area contributed by atoms with Gasteiger partial charge in [-0.2, -0.15) is 0 Å². The number of esters is 2. The Kier molecular flexibility index (Phi) is 22.8. The number of ketones is 1. The molecule has 3 atom stereocenters. The number of aliphatic carboxylic acids is 1. The molecule has 0 aliphatic carbocycles. The number of likely N-dealkylation sites (N-methyl/N-ethyl adjacent to an activating group) is 1. The van der Waals surface area contributed by atoms with E-state index in [0.717, 1.165) is 57.0 Å². The summed E-state index contributed by atoms with van der Waals surface area (Å²) in [6.45, 7) is 3.34. The van der Waals surface area contributed by atoms with Gasteiger partial charge in [0.05, 0.1) is 19.4 Å². The second kappa shape index (κ2) is 26.1. The third-order valence-corrected chi connectivity index (χ3v) is 8.55. The highest BCUT2D eigenvalue weighted by atomic mass is 16.5. The minimum atomic E-state index is -3.00. The van der Waals surface area contributed by atoms with Crippen LogP contribution in [-0.2, 0) is 44.7 Å². The maximum atomic E-state index is 13.8. The number of benzene rings is 1. The van der Waals surface area contributed by atoms with E-state index in [2.05, 4.69) is 24.1 Å². The number of rotatable bonds is 27. The lowest BCUT2D eigenvalue weighted by Crippen LogP contribution is -2.55. The number of hydrogen-bond donors (Lipinski definition) is 3. The van der Waals surface area contributed by atoms with E-state index in [-0.39, 0.29) is 18.8 Å². The van der Waals surface area contributed by atoms with Gasteiger partial charge in [0, 0.05) is 33.4 Å². The number of nitrogens with one attached hydrogen (secondary N) is 1. The van der Waals surface area contributed by atoms with Crippen molar-refractivity contribution in [2.75, 3.05) is 34.4 Å². The maximum absolute atomic E-state index is 13.8. The van der Waals surface area contributed by atoms with Gasteiger partial charge in [-0.15, -0.1) is 5.92 Å². The number of hydrogen-bond acceptors (Lipinski definition) is 10. The van der Waals surface area contributed by atoms with Crippen LogP contribution >= 0.6 is 0 Å². The van der Waals surface area contributed by atoms with Crippen LogP contribution in [0, 0.1) is 17.8 Å². The molecule has 0 aliphatic rings. The quantitative estimate of drug-likeness (QED) is 0.0497. The molecule has 53 heavy (non-hydrogen) atoms. The Hall–Kier alpha value is -4.70. The molecule has 1 aromatic rings. The molecule has 0 aromatic heterocycles. The number of carbonyl (C=O) groups is 6. The number of aliphatic hydroxyl groups is 1. The van der Waals surface area contributed by atoms with E-state index in [1.807, 2.05) is 0 Å². The zero-order valence-electron chi connectivity index (χ0n) is 31.9. The summed E-state index contributed by atoms with van der Waals surface area (Å²) in [6.07, 6.45) is 11.6. The zero-order chi connectivity index (χ0) is 39.6. The molecule has 0 unspecified atom stereocenters. The lowest BCUT2D eigenvalue weighted by molar-refractivity contribution is -0.174. The van der Waals surface area contributed by atoms with Crippen molar-refractivity contribution >= 4 is 35.5 Å². The average Bonchev–Trinajstić information content (AvgIpc) is 3.12. The van der Waals surface area contributed by atoms with Crippen LogP contribution < -0.4 is 10.1 Å². The molecule has 0 aliphatic heterocycles. The van der Waals surface area contributed by atoms with Gasteiger partial charge in [0.2, 0.25) is 5.91 Å². The van der Waals surface area contributed by atoms with E-state index in [1.165, 1.54) is 32.7 Å². The van der Waals surface area contributed by atoms with Crippen LogP contribution in [0.3, 0.4) is 0 Å². The number of methoxy groups -OCH3 is 1. The van der Waals surface area contributed by atoms with Gasteiger partial charge in [-0.1, -0.05) is 75.7 Å². The number of nitrogens with zero attached hydrogens (tertiary/aromatic N) is 1. The van der Waals surface area contributed by atoms with Crippen LogP contribution in [0.5, 0.6) is 5.75 Å². The summed E-state index contributed by atoms with van der Waals surface area (Å²) in [5.74, 6) is -1.10. The lowest BCUT2D eigenvalue weighted by Gasteiger charge is -2.30. The predicted octanol–water partition coefficient (Wildman–Crippen LogP) is 4.57. The van der Waals surface area contributed by atoms with Gasteiger partial charge < -0.3 is 34.6 Å². The Balaban J connectivity index is 3.08. The summed E-state index contributed by atoms with van der Waals surface area (Å²) in [7, 11) is 4.01. The van der Waals surface area contributed by atoms with E-state index < -0.39 is 60.3 Å². The molecule has 2 amide bonds. The first-order chi connectivity index (χ1) is 25.3. The van der Waals surface area contributed by atoms with Crippen molar-refractivity contribution in [1.29, 1.82) is 0 Å². The molecule has 0 bridgehead atoms. The summed E-state index contributed by atoms with van der Waals surface area (Å²) in [4.78, 5) is 77.0. The molecule has 0 saturated heterocycles. The van der Waals surface area contributed by atoms with Gasteiger partial charge in [-0.05, 0) is 50.3 Å². The van der Waals surface area contributed by atoms with Crippen LogP contribution in [0.25, 0.3) is 0 Å². The average molecular weight is 743 g/mol. The zero-order valence-corrected chi connectivity index (χ0v) is 31.9. The van der Waals surface area contributed by atoms with Crippen LogP contribution in [0.15, 0.2) is 36.4 Å². The third-order valence-electron chi connectivity index (χ3n) is 8.55. The minimum Gasteiger partial charge on any atom is -0.481 e. The van der Waals surface area contributed by atoms with Crippen molar-refractivity contribution in [2.45, 2.75) is 115 Å². The normalized spacial score (nSPS) is 13.1. The SMILES string of the molecule is CC#CCOc1ccc(C[C@H](NC(=O)[C@@H](/C=C/CCCCCCC(=O)CCCCCCC)[C@@](O)(CC(=O)OCC(=O)N(C)C)C(=O)O)C(=O)OC)cc1. The van der Waals surface area contributed by atoms with Gasteiger partial charge in [-0.3, -0.25) is 19.2 Å². The summed E-state index contributed by atoms with van der Waals surface area (Å²) < 4.78 is 15.3. The van der Waals surface area contributed by atoms with E-state index >= 15 is 0 Å². The first-order valence-electron chi connectivity index (χ1n) is 18.3. The fourth-order valence-electron chi connectivity index (χ4n) is 5.29. The third kappa shape index (κ3) is 18.6. The fourth-order valence-corrected chi connectivity index (χ4v) is 5.29. The van der Waals surface area contributed by atoms with E-state index in [1.54, 1.807) is 31.2 Å². The first kappa shape index (κ1) is 46.3. The Morgan fingerprint density at radius 1 is 0.943 bits per heavy atom. The number of carboxylic acids is 1. The molecule has 0 radical (unpaired) electrons. The van der Waals surface area contributed by atoms with E-state index in [0.29, 0.717) is 37.0 Å². The molecule has 0 spiro atoms. The van der Waals surface area contributed by atoms with Gasteiger partial charge in [0.15, 0.2) is 12.2 Å². The summed E-state index contributed by atoms with van der Waals surface area (Å²) in [6, 6.07) is 5.40. The lowest BCUT2D eigenvalue weighted by atomic mass is 9.82. The summed E-state index contributed by atoms with van der Waals surface area (Å²) in [5, 5.41) is 24.1. The fraction of sp³-hybridized carbons (Fsp3) is 0.600. The van der Waals surface area contributed by atoms with Gasteiger partial charge in [0.25, 0.3) is 5.91 Å². The van der Waals surface area contributed by atoms with Crippen LogP contribution in [0.1, 0.15) is 103 Å². The highest BCUT2D eigenvalue weighted by Crippen LogP contribution is 2.26. The molecule has 0 heterocycles.